The first kappa shape index (κ1) is 14.9. The zero-order valence-corrected chi connectivity index (χ0v) is 10.6. The van der Waals surface area contributed by atoms with Crippen molar-refractivity contribution in [2.75, 3.05) is 20.3 Å². The van der Waals surface area contributed by atoms with Crippen molar-refractivity contribution in [3.63, 3.8) is 0 Å². The molecule has 3 nitrogen and oxygen atoms in total. The SMILES string of the molecule is CCC(COC)NCC(O)C(CC)CC. The largest absolute Gasteiger partial charge is 0.392 e. The Kier molecular flexibility index (Phi) is 9.06. The third-order valence-corrected chi connectivity index (χ3v) is 3.07. The number of rotatable bonds is 9. The van der Waals surface area contributed by atoms with Crippen LogP contribution in [0.25, 0.3) is 0 Å². The molecule has 0 aromatic carbocycles. The van der Waals surface area contributed by atoms with Crippen LogP contribution in [0.4, 0.5) is 0 Å². The van der Waals surface area contributed by atoms with Gasteiger partial charge in [0.05, 0.1) is 12.7 Å². The van der Waals surface area contributed by atoms with Gasteiger partial charge in [0.1, 0.15) is 0 Å². The van der Waals surface area contributed by atoms with Crippen LogP contribution in [-0.4, -0.2) is 37.5 Å². The van der Waals surface area contributed by atoms with Gasteiger partial charge in [0.25, 0.3) is 0 Å². The molecule has 0 saturated heterocycles. The lowest BCUT2D eigenvalue weighted by Gasteiger charge is -2.23. The number of nitrogens with one attached hydrogen (secondary N) is 1. The highest BCUT2D eigenvalue weighted by Gasteiger charge is 2.16. The first-order chi connectivity index (χ1) is 7.19. The molecule has 0 radical (unpaired) electrons. The van der Waals surface area contributed by atoms with Crippen LogP contribution < -0.4 is 5.32 Å². The molecule has 0 saturated carbocycles. The fourth-order valence-electron chi connectivity index (χ4n) is 1.81. The molecule has 3 heteroatoms. The molecule has 0 aromatic rings. The van der Waals surface area contributed by atoms with Crippen molar-refractivity contribution in [2.45, 2.75) is 52.2 Å². The van der Waals surface area contributed by atoms with E-state index in [2.05, 4.69) is 26.1 Å². The van der Waals surface area contributed by atoms with Crippen molar-refractivity contribution in [1.82, 2.24) is 5.32 Å². The summed E-state index contributed by atoms with van der Waals surface area (Å²) in [5, 5.41) is 13.3. The molecule has 0 aliphatic rings. The minimum atomic E-state index is -0.231. The van der Waals surface area contributed by atoms with Gasteiger partial charge in [-0.3, -0.25) is 0 Å². The van der Waals surface area contributed by atoms with E-state index in [1.165, 1.54) is 0 Å². The summed E-state index contributed by atoms with van der Waals surface area (Å²) in [4.78, 5) is 0. The van der Waals surface area contributed by atoms with E-state index in [0.717, 1.165) is 19.3 Å². The summed E-state index contributed by atoms with van der Waals surface area (Å²) in [7, 11) is 1.71. The molecule has 0 aromatic heterocycles. The molecule has 2 N–H and O–H groups in total. The molecule has 2 atom stereocenters. The van der Waals surface area contributed by atoms with Crippen LogP contribution in [0.2, 0.25) is 0 Å². The second-order valence-corrected chi connectivity index (χ2v) is 4.11. The van der Waals surface area contributed by atoms with E-state index in [-0.39, 0.29) is 6.10 Å². The van der Waals surface area contributed by atoms with Crippen LogP contribution >= 0.6 is 0 Å². The van der Waals surface area contributed by atoms with Gasteiger partial charge in [-0.05, 0) is 12.3 Å². The third-order valence-electron chi connectivity index (χ3n) is 3.07. The number of ether oxygens (including phenoxy) is 1. The van der Waals surface area contributed by atoms with E-state index in [4.69, 9.17) is 4.74 Å². The second kappa shape index (κ2) is 9.13. The zero-order chi connectivity index (χ0) is 11.7. The molecule has 0 aliphatic carbocycles. The minimum absolute atomic E-state index is 0.231. The van der Waals surface area contributed by atoms with Crippen molar-refractivity contribution >= 4 is 0 Å². The summed E-state index contributed by atoms with van der Waals surface area (Å²) < 4.78 is 5.10. The smallest absolute Gasteiger partial charge is 0.0692 e. The lowest BCUT2D eigenvalue weighted by atomic mass is 9.96. The maximum atomic E-state index is 9.92. The topological polar surface area (TPSA) is 41.5 Å². The van der Waals surface area contributed by atoms with Gasteiger partial charge in [0.15, 0.2) is 0 Å². The minimum Gasteiger partial charge on any atom is -0.392 e. The third kappa shape index (κ3) is 6.13. The lowest BCUT2D eigenvalue weighted by Crippen LogP contribution is -2.40. The monoisotopic (exact) mass is 217 g/mol. The number of methoxy groups -OCH3 is 1. The molecule has 15 heavy (non-hydrogen) atoms. The molecule has 92 valence electrons. The summed E-state index contributed by atoms with van der Waals surface area (Å²) in [6.07, 6.45) is 2.88. The van der Waals surface area contributed by atoms with Crippen molar-refractivity contribution < 1.29 is 9.84 Å². The molecule has 2 unspecified atom stereocenters. The Morgan fingerprint density at radius 2 is 1.73 bits per heavy atom. The Balaban J connectivity index is 3.80. The summed E-state index contributed by atoms with van der Waals surface area (Å²) in [5.74, 6) is 0.414. The van der Waals surface area contributed by atoms with E-state index >= 15 is 0 Å². The van der Waals surface area contributed by atoms with Gasteiger partial charge in [-0.1, -0.05) is 33.6 Å². The van der Waals surface area contributed by atoms with Crippen molar-refractivity contribution in [3.8, 4) is 0 Å². The predicted molar refractivity (Wildman–Crippen MR) is 64.0 cm³/mol. The summed E-state index contributed by atoms with van der Waals surface area (Å²) in [5.41, 5.74) is 0. The Labute approximate surface area is 94.2 Å². The quantitative estimate of drug-likeness (QED) is 0.619. The number of hydrogen-bond acceptors (Lipinski definition) is 3. The Morgan fingerprint density at radius 1 is 1.13 bits per heavy atom. The van der Waals surface area contributed by atoms with Crippen molar-refractivity contribution in [1.29, 1.82) is 0 Å². The fourth-order valence-corrected chi connectivity index (χ4v) is 1.81. The van der Waals surface area contributed by atoms with Gasteiger partial charge in [0, 0.05) is 19.7 Å². The van der Waals surface area contributed by atoms with Crippen LogP contribution in [0.3, 0.4) is 0 Å². The molecular formula is C12H27NO2. The highest BCUT2D eigenvalue weighted by atomic mass is 16.5. The average molecular weight is 217 g/mol. The lowest BCUT2D eigenvalue weighted by molar-refractivity contribution is 0.0899. The molecule has 0 spiro atoms. The Morgan fingerprint density at radius 3 is 2.13 bits per heavy atom. The first-order valence-electron chi connectivity index (χ1n) is 6.09. The zero-order valence-electron chi connectivity index (χ0n) is 10.6. The summed E-state index contributed by atoms with van der Waals surface area (Å²) in [6.45, 7) is 7.77. The predicted octanol–water partition coefficient (Wildman–Crippen LogP) is 1.80. The van der Waals surface area contributed by atoms with Crippen LogP contribution in [0, 0.1) is 5.92 Å². The van der Waals surface area contributed by atoms with Gasteiger partial charge < -0.3 is 15.2 Å². The summed E-state index contributed by atoms with van der Waals surface area (Å²) in [6, 6.07) is 0.360. The highest BCUT2D eigenvalue weighted by molar-refractivity contribution is 4.72. The van der Waals surface area contributed by atoms with E-state index in [1.54, 1.807) is 7.11 Å². The van der Waals surface area contributed by atoms with Gasteiger partial charge in [0.2, 0.25) is 0 Å². The summed E-state index contributed by atoms with van der Waals surface area (Å²) >= 11 is 0. The second-order valence-electron chi connectivity index (χ2n) is 4.11. The average Bonchev–Trinajstić information content (AvgIpc) is 2.25. The van der Waals surface area contributed by atoms with Crippen LogP contribution in [0.5, 0.6) is 0 Å². The Hall–Kier alpha value is -0.120. The maximum absolute atomic E-state index is 9.92. The van der Waals surface area contributed by atoms with E-state index in [1.807, 2.05) is 0 Å². The molecule has 0 heterocycles. The molecule has 0 aliphatic heterocycles. The Bertz CT molecular complexity index is 138. The van der Waals surface area contributed by atoms with Crippen molar-refractivity contribution in [3.05, 3.63) is 0 Å². The normalized spacial score (nSPS) is 15.6. The molecule has 0 amide bonds. The first-order valence-corrected chi connectivity index (χ1v) is 6.09. The van der Waals surface area contributed by atoms with Crippen molar-refractivity contribution in [2.24, 2.45) is 5.92 Å². The fraction of sp³-hybridized carbons (Fsp3) is 1.00. The van der Waals surface area contributed by atoms with Gasteiger partial charge in [-0.25, -0.2) is 0 Å². The number of aliphatic hydroxyl groups is 1. The van der Waals surface area contributed by atoms with E-state index in [9.17, 15) is 5.11 Å². The van der Waals surface area contributed by atoms with Crippen LogP contribution in [0.15, 0.2) is 0 Å². The van der Waals surface area contributed by atoms with E-state index in [0.29, 0.717) is 25.1 Å². The molecular weight excluding hydrogens is 190 g/mol. The van der Waals surface area contributed by atoms with Gasteiger partial charge in [-0.15, -0.1) is 0 Å². The highest BCUT2D eigenvalue weighted by Crippen LogP contribution is 2.12. The molecule has 0 fully saturated rings. The van der Waals surface area contributed by atoms with Crippen LogP contribution in [0.1, 0.15) is 40.0 Å². The number of hydrogen-bond donors (Lipinski definition) is 2. The van der Waals surface area contributed by atoms with Gasteiger partial charge >= 0.3 is 0 Å². The van der Waals surface area contributed by atoms with E-state index < -0.39 is 0 Å². The standard InChI is InChI=1S/C12H27NO2/c1-5-10(6-2)12(14)8-13-11(7-3)9-15-4/h10-14H,5-9H2,1-4H3. The van der Waals surface area contributed by atoms with Gasteiger partial charge in [-0.2, -0.15) is 0 Å². The number of aliphatic hydroxyl groups excluding tert-OH is 1. The van der Waals surface area contributed by atoms with Crippen LogP contribution in [-0.2, 0) is 4.74 Å². The maximum Gasteiger partial charge on any atom is 0.0692 e. The molecule has 0 rings (SSSR count). The molecule has 0 bridgehead atoms.